The SMILES string of the molecule is Cc1cc(C(=O)Nc2cccc(CSCCC(=O)O)c2)nc(C(F)(F)F)n1. The second kappa shape index (κ2) is 8.85. The third-order valence-corrected chi connectivity index (χ3v) is 4.28. The van der Waals surface area contributed by atoms with Crippen LogP contribution in [0.5, 0.6) is 0 Å². The number of amides is 1. The summed E-state index contributed by atoms with van der Waals surface area (Å²) in [5.74, 6) is -2.02. The number of carbonyl (C=O) groups is 2. The van der Waals surface area contributed by atoms with Crippen molar-refractivity contribution in [2.24, 2.45) is 0 Å². The van der Waals surface area contributed by atoms with Gasteiger partial charge in [0.15, 0.2) is 0 Å². The third kappa shape index (κ3) is 6.55. The first-order valence-electron chi connectivity index (χ1n) is 7.78. The molecule has 0 atom stereocenters. The van der Waals surface area contributed by atoms with Crippen molar-refractivity contribution in [3.05, 3.63) is 53.1 Å². The smallest absolute Gasteiger partial charge is 0.451 e. The number of aromatic nitrogens is 2. The number of thioether (sulfide) groups is 1. The molecule has 0 aliphatic heterocycles. The predicted octanol–water partition coefficient (Wildman–Crippen LogP) is 3.76. The topological polar surface area (TPSA) is 92.2 Å². The Labute approximate surface area is 157 Å². The Hall–Kier alpha value is -2.62. The molecule has 0 unspecified atom stereocenters. The van der Waals surface area contributed by atoms with E-state index in [0.29, 0.717) is 17.2 Å². The summed E-state index contributed by atoms with van der Waals surface area (Å²) in [6.07, 6.45) is -4.69. The largest absolute Gasteiger partial charge is 0.481 e. The number of alkyl halides is 3. The van der Waals surface area contributed by atoms with Crippen LogP contribution < -0.4 is 5.32 Å². The van der Waals surface area contributed by atoms with E-state index < -0.39 is 23.9 Å². The highest BCUT2D eigenvalue weighted by Gasteiger charge is 2.35. The molecule has 6 nitrogen and oxygen atoms in total. The van der Waals surface area contributed by atoms with E-state index in [1.54, 1.807) is 24.3 Å². The van der Waals surface area contributed by atoms with Gasteiger partial charge < -0.3 is 10.4 Å². The van der Waals surface area contributed by atoms with Gasteiger partial charge in [0.05, 0.1) is 6.42 Å². The van der Waals surface area contributed by atoms with Crippen molar-refractivity contribution in [1.82, 2.24) is 9.97 Å². The van der Waals surface area contributed by atoms with Crippen molar-refractivity contribution in [3.63, 3.8) is 0 Å². The second-order valence-corrected chi connectivity index (χ2v) is 6.67. The van der Waals surface area contributed by atoms with Gasteiger partial charge in [0, 0.05) is 22.9 Å². The Balaban J connectivity index is 2.07. The Kier molecular flexibility index (Phi) is 6.78. The minimum Gasteiger partial charge on any atom is -0.481 e. The summed E-state index contributed by atoms with van der Waals surface area (Å²) < 4.78 is 38.4. The molecule has 0 fully saturated rings. The fourth-order valence-electron chi connectivity index (χ4n) is 2.10. The zero-order valence-corrected chi connectivity index (χ0v) is 15.0. The molecule has 0 aliphatic rings. The zero-order chi connectivity index (χ0) is 20.0. The van der Waals surface area contributed by atoms with Crippen LogP contribution in [0.4, 0.5) is 18.9 Å². The number of nitrogens with zero attached hydrogens (tertiary/aromatic N) is 2. The maximum absolute atomic E-state index is 12.8. The summed E-state index contributed by atoms with van der Waals surface area (Å²) in [6, 6.07) is 7.94. The van der Waals surface area contributed by atoms with E-state index in [0.717, 1.165) is 5.56 Å². The normalized spacial score (nSPS) is 11.3. The highest BCUT2D eigenvalue weighted by atomic mass is 32.2. The van der Waals surface area contributed by atoms with Gasteiger partial charge in [0.25, 0.3) is 5.91 Å². The molecule has 10 heteroatoms. The van der Waals surface area contributed by atoms with Gasteiger partial charge in [-0.15, -0.1) is 0 Å². The van der Waals surface area contributed by atoms with Gasteiger partial charge in [-0.25, -0.2) is 9.97 Å². The zero-order valence-electron chi connectivity index (χ0n) is 14.2. The van der Waals surface area contributed by atoms with Crippen molar-refractivity contribution < 1.29 is 27.9 Å². The number of hydrogen-bond acceptors (Lipinski definition) is 5. The van der Waals surface area contributed by atoms with E-state index in [1.807, 2.05) is 0 Å². The molecule has 1 aromatic heterocycles. The maximum Gasteiger partial charge on any atom is 0.451 e. The van der Waals surface area contributed by atoms with Gasteiger partial charge in [-0.05, 0) is 30.7 Å². The molecule has 0 radical (unpaired) electrons. The number of aryl methyl sites for hydroxylation is 1. The van der Waals surface area contributed by atoms with Crippen molar-refractivity contribution >= 4 is 29.3 Å². The molecule has 0 saturated heterocycles. The number of hydrogen-bond donors (Lipinski definition) is 2. The van der Waals surface area contributed by atoms with Crippen LogP contribution in [0.1, 0.15) is 34.0 Å². The van der Waals surface area contributed by atoms with Crippen LogP contribution in [-0.4, -0.2) is 32.7 Å². The minimum atomic E-state index is -4.74. The molecular weight excluding hydrogens is 383 g/mol. The molecule has 2 N–H and O–H groups in total. The van der Waals surface area contributed by atoms with Gasteiger partial charge in [0.2, 0.25) is 5.82 Å². The average Bonchev–Trinajstić information content (AvgIpc) is 2.57. The van der Waals surface area contributed by atoms with Crippen LogP contribution in [0.25, 0.3) is 0 Å². The van der Waals surface area contributed by atoms with E-state index in [2.05, 4.69) is 15.3 Å². The fraction of sp³-hybridized carbons (Fsp3) is 0.294. The monoisotopic (exact) mass is 399 g/mol. The van der Waals surface area contributed by atoms with E-state index in [4.69, 9.17) is 5.11 Å². The van der Waals surface area contributed by atoms with Gasteiger partial charge in [-0.2, -0.15) is 24.9 Å². The van der Waals surface area contributed by atoms with Crippen LogP contribution >= 0.6 is 11.8 Å². The fourth-order valence-corrected chi connectivity index (χ4v) is 2.97. The first kappa shape index (κ1) is 20.7. The first-order valence-corrected chi connectivity index (χ1v) is 8.93. The van der Waals surface area contributed by atoms with Crippen molar-refractivity contribution in [1.29, 1.82) is 0 Å². The summed E-state index contributed by atoms with van der Waals surface area (Å²) >= 11 is 1.43. The number of halogens is 3. The van der Waals surface area contributed by atoms with Crippen molar-refractivity contribution in [3.8, 4) is 0 Å². The number of carboxylic acids is 1. The van der Waals surface area contributed by atoms with Crippen LogP contribution in [0.2, 0.25) is 0 Å². The lowest BCUT2D eigenvalue weighted by Crippen LogP contribution is -2.19. The highest BCUT2D eigenvalue weighted by molar-refractivity contribution is 7.98. The Morgan fingerprint density at radius 1 is 1.22 bits per heavy atom. The van der Waals surface area contributed by atoms with E-state index >= 15 is 0 Å². The Morgan fingerprint density at radius 3 is 2.63 bits per heavy atom. The summed E-state index contributed by atoms with van der Waals surface area (Å²) in [5.41, 5.74) is 0.904. The van der Waals surface area contributed by atoms with E-state index in [-0.39, 0.29) is 17.8 Å². The number of rotatable bonds is 7. The number of nitrogens with one attached hydrogen (secondary N) is 1. The molecule has 1 amide bonds. The highest BCUT2D eigenvalue weighted by Crippen LogP contribution is 2.26. The van der Waals surface area contributed by atoms with E-state index in [9.17, 15) is 22.8 Å². The first-order chi connectivity index (χ1) is 12.6. The second-order valence-electron chi connectivity index (χ2n) is 5.57. The van der Waals surface area contributed by atoms with Gasteiger partial charge >= 0.3 is 12.1 Å². The molecule has 0 bridgehead atoms. The lowest BCUT2D eigenvalue weighted by atomic mass is 10.2. The van der Waals surface area contributed by atoms with Crippen LogP contribution in [-0.2, 0) is 16.7 Å². The molecule has 2 aromatic rings. The molecule has 0 spiro atoms. The lowest BCUT2D eigenvalue weighted by molar-refractivity contribution is -0.145. The Bertz CT molecular complexity index is 844. The summed E-state index contributed by atoms with van der Waals surface area (Å²) in [6.45, 7) is 1.35. The number of carbonyl (C=O) groups excluding carboxylic acids is 1. The van der Waals surface area contributed by atoms with Crippen LogP contribution in [0.3, 0.4) is 0 Å². The van der Waals surface area contributed by atoms with Crippen LogP contribution in [0, 0.1) is 6.92 Å². The molecule has 27 heavy (non-hydrogen) atoms. The van der Waals surface area contributed by atoms with Gasteiger partial charge in [0.1, 0.15) is 5.69 Å². The molecule has 0 saturated carbocycles. The molecule has 1 heterocycles. The lowest BCUT2D eigenvalue weighted by Gasteiger charge is -2.10. The number of aliphatic carboxylic acids is 1. The minimum absolute atomic E-state index is 0.0334. The molecule has 144 valence electrons. The third-order valence-electron chi connectivity index (χ3n) is 3.25. The molecule has 2 rings (SSSR count). The summed E-state index contributed by atoms with van der Waals surface area (Å²) in [5, 5.41) is 11.1. The van der Waals surface area contributed by atoms with Crippen molar-refractivity contribution in [2.45, 2.75) is 25.3 Å². The molecular formula is C17H16F3N3O3S. The van der Waals surface area contributed by atoms with E-state index in [1.165, 1.54) is 24.8 Å². The predicted molar refractivity (Wildman–Crippen MR) is 94.6 cm³/mol. The number of carboxylic acid groups (broad SMARTS) is 1. The quantitative estimate of drug-likeness (QED) is 0.689. The summed E-state index contributed by atoms with van der Waals surface area (Å²) in [7, 11) is 0. The van der Waals surface area contributed by atoms with Crippen molar-refractivity contribution in [2.75, 3.05) is 11.1 Å². The average molecular weight is 399 g/mol. The molecule has 0 aliphatic carbocycles. The molecule has 1 aromatic carbocycles. The maximum atomic E-state index is 12.8. The number of benzene rings is 1. The Morgan fingerprint density at radius 2 is 1.96 bits per heavy atom. The standard InChI is InChI=1S/C17H16F3N3O3S/c1-10-7-13(23-16(21-10)17(18,19)20)15(26)22-12-4-2-3-11(8-12)9-27-6-5-14(24)25/h2-4,7-8H,5-6,9H2,1H3,(H,22,26)(H,24,25). The number of anilines is 1. The van der Waals surface area contributed by atoms with Crippen LogP contribution in [0.15, 0.2) is 30.3 Å². The van der Waals surface area contributed by atoms with Gasteiger partial charge in [-0.1, -0.05) is 12.1 Å². The van der Waals surface area contributed by atoms with Gasteiger partial charge in [-0.3, -0.25) is 9.59 Å². The summed E-state index contributed by atoms with van der Waals surface area (Å²) in [4.78, 5) is 29.3.